The Morgan fingerprint density at radius 3 is 2.75 bits per heavy atom. The molecule has 3 rings (SSSR count). The highest BCUT2D eigenvalue weighted by Gasteiger charge is 2.06. The zero-order valence-corrected chi connectivity index (χ0v) is 13.1. The van der Waals surface area contributed by atoms with Crippen LogP contribution in [0.5, 0.6) is 0 Å². The molecule has 0 saturated carbocycles. The molecule has 7 nitrogen and oxygen atoms in total. The number of aromatic nitrogens is 4. The molecule has 0 aliphatic heterocycles. The number of hydrogen-bond donors (Lipinski definition) is 3. The van der Waals surface area contributed by atoms with Crippen molar-refractivity contribution in [3.05, 3.63) is 66.2 Å². The highest BCUT2D eigenvalue weighted by molar-refractivity contribution is 5.73. The minimum absolute atomic E-state index is 0.203. The van der Waals surface area contributed by atoms with E-state index in [4.69, 9.17) is 0 Å². The first-order valence-corrected chi connectivity index (χ1v) is 7.68. The summed E-state index contributed by atoms with van der Waals surface area (Å²) < 4.78 is 0. The molecule has 0 aliphatic rings. The molecule has 0 unspecified atom stereocenters. The zero-order chi connectivity index (χ0) is 16.6. The van der Waals surface area contributed by atoms with Crippen LogP contribution in [-0.4, -0.2) is 32.7 Å². The van der Waals surface area contributed by atoms with Gasteiger partial charge in [-0.1, -0.05) is 30.3 Å². The molecule has 0 fully saturated rings. The molecule has 7 heteroatoms. The van der Waals surface area contributed by atoms with Crippen LogP contribution >= 0.6 is 0 Å². The molecule has 0 atom stereocenters. The van der Waals surface area contributed by atoms with E-state index in [2.05, 4.69) is 30.8 Å². The van der Waals surface area contributed by atoms with Crippen molar-refractivity contribution in [2.45, 2.75) is 13.0 Å². The topological polar surface area (TPSA) is 95.6 Å². The van der Waals surface area contributed by atoms with Crippen LogP contribution in [0.4, 0.5) is 4.79 Å². The average molecular weight is 322 g/mol. The number of nitrogens with zero attached hydrogens (tertiary/aromatic N) is 3. The van der Waals surface area contributed by atoms with Crippen molar-refractivity contribution in [1.29, 1.82) is 0 Å². The van der Waals surface area contributed by atoms with Crippen LogP contribution in [0.25, 0.3) is 11.4 Å². The largest absolute Gasteiger partial charge is 0.338 e. The van der Waals surface area contributed by atoms with Gasteiger partial charge < -0.3 is 10.6 Å². The Bertz CT molecular complexity index is 772. The Kier molecular flexibility index (Phi) is 5.14. The minimum atomic E-state index is -0.203. The number of urea groups is 1. The molecule has 3 N–H and O–H groups in total. The second-order valence-corrected chi connectivity index (χ2v) is 5.19. The van der Waals surface area contributed by atoms with Crippen molar-refractivity contribution in [3.63, 3.8) is 0 Å². The molecule has 2 heterocycles. The predicted octanol–water partition coefficient (Wildman–Crippen LogP) is 1.91. The van der Waals surface area contributed by atoms with Gasteiger partial charge in [-0.2, -0.15) is 5.10 Å². The highest BCUT2D eigenvalue weighted by Crippen LogP contribution is 2.11. The van der Waals surface area contributed by atoms with E-state index in [1.807, 2.05) is 42.5 Å². The van der Waals surface area contributed by atoms with Gasteiger partial charge in [-0.25, -0.2) is 9.78 Å². The third-order valence-electron chi connectivity index (χ3n) is 3.39. The van der Waals surface area contributed by atoms with Crippen molar-refractivity contribution < 1.29 is 4.79 Å². The van der Waals surface area contributed by atoms with E-state index in [0.29, 0.717) is 25.3 Å². The zero-order valence-electron chi connectivity index (χ0n) is 13.1. The first kappa shape index (κ1) is 15.7. The summed E-state index contributed by atoms with van der Waals surface area (Å²) in [6, 6.07) is 13.3. The van der Waals surface area contributed by atoms with E-state index in [0.717, 1.165) is 17.0 Å². The number of hydrogen-bond acceptors (Lipinski definition) is 4. The van der Waals surface area contributed by atoms with Gasteiger partial charge in [-0.15, -0.1) is 0 Å². The maximum atomic E-state index is 11.8. The maximum Gasteiger partial charge on any atom is 0.315 e. The number of H-pyrrole nitrogens is 1. The number of amides is 2. The molecular formula is C17H18N6O. The summed E-state index contributed by atoms with van der Waals surface area (Å²) in [5.41, 5.74) is 1.91. The van der Waals surface area contributed by atoms with Gasteiger partial charge in [0.05, 0.1) is 0 Å². The molecule has 2 amide bonds. The first-order chi connectivity index (χ1) is 11.8. The molecular weight excluding hydrogens is 304 g/mol. The van der Waals surface area contributed by atoms with Crippen LogP contribution in [0.3, 0.4) is 0 Å². The van der Waals surface area contributed by atoms with E-state index in [1.54, 1.807) is 12.4 Å². The summed E-state index contributed by atoms with van der Waals surface area (Å²) >= 11 is 0. The maximum absolute atomic E-state index is 11.8. The van der Waals surface area contributed by atoms with Crippen molar-refractivity contribution in [2.24, 2.45) is 0 Å². The minimum Gasteiger partial charge on any atom is -0.338 e. The van der Waals surface area contributed by atoms with Crippen LogP contribution in [0, 0.1) is 0 Å². The van der Waals surface area contributed by atoms with Gasteiger partial charge in [0.15, 0.2) is 5.82 Å². The molecule has 0 spiro atoms. The van der Waals surface area contributed by atoms with Gasteiger partial charge in [0, 0.05) is 37.5 Å². The Morgan fingerprint density at radius 1 is 1.08 bits per heavy atom. The average Bonchev–Trinajstić information content (AvgIpc) is 3.11. The van der Waals surface area contributed by atoms with Crippen molar-refractivity contribution in [2.75, 3.05) is 6.54 Å². The number of aromatic amines is 1. The summed E-state index contributed by atoms with van der Waals surface area (Å²) in [5.74, 6) is 1.32. The number of carbonyl (C=O) groups is 1. The Morgan fingerprint density at radius 2 is 1.96 bits per heavy atom. The lowest BCUT2D eigenvalue weighted by Gasteiger charge is -2.06. The van der Waals surface area contributed by atoms with Gasteiger partial charge >= 0.3 is 6.03 Å². The molecule has 3 aromatic rings. The van der Waals surface area contributed by atoms with Crippen LogP contribution in [0.1, 0.15) is 11.4 Å². The van der Waals surface area contributed by atoms with Crippen LogP contribution in [0.15, 0.2) is 54.9 Å². The van der Waals surface area contributed by atoms with E-state index in [1.165, 1.54) is 0 Å². The summed E-state index contributed by atoms with van der Waals surface area (Å²) in [7, 11) is 0. The monoisotopic (exact) mass is 322 g/mol. The second kappa shape index (κ2) is 7.87. The molecule has 1 aromatic carbocycles. The van der Waals surface area contributed by atoms with Crippen LogP contribution < -0.4 is 10.6 Å². The Balaban J connectivity index is 1.42. The van der Waals surface area contributed by atoms with Gasteiger partial charge in [0.1, 0.15) is 5.82 Å². The molecule has 0 radical (unpaired) electrons. The number of carbonyl (C=O) groups excluding carboxylic acids is 1. The third kappa shape index (κ3) is 4.39. The molecule has 0 saturated heterocycles. The number of pyridine rings is 1. The van der Waals surface area contributed by atoms with E-state index in [-0.39, 0.29) is 6.03 Å². The normalized spacial score (nSPS) is 10.3. The Labute approximate surface area is 139 Å². The van der Waals surface area contributed by atoms with Gasteiger partial charge in [-0.3, -0.25) is 10.1 Å². The van der Waals surface area contributed by atoms with Crippen molar-refractivity contribution in [3.8, 4) is 11.4 Å². The third-order valence-corrected chi connectivity index (χ3v) is 3.39. The molecule has 2 aromatic heterocycles. The van der Waals surface area contributed by atoms with Gasteiger partial charge in [0.25, 0.3) is 0 Å². The lowest BCUT2D eigenvalue weighted by atomic mass is 10.2. The van der Waals surface area contributed by atoms with Gasteiger partial charge in [0.2, 0.25) is 0 Å². The number of nitrogens with one attached hydrogen (secondary N) is 3. The fraction of sp³-hybridized carbons (Fsp3) is 0.176. The molecule has 0 bridgehead atoms. The lowest BCUT2D eigenvalue weighted by Crippen LogP contribution is -2.36. The lowest BCUT2D eigenvalue weighted by molar-refractivity contribution is 0.240. The van der Waals surface area contributed by atoms with Crippen LogP contribution in [-0.2, 0) is 13.0 Å². The van der Waals surface area contributed by atoms with Crippen LogP contribution in [0.2, 0.25) is 0 Å². The van der Waals surface area contributed by atoms with Gasteiger partial charge in [-0.05, 0) is 17.7 Å². The van der Waals surface area contributed by atoms with E-state index in [9.17, 15) is 4.79 Å². The summed E-state index contributed by atoms with van der Waals surface area (Å²) in [6.45, 7) is 0.975. The standard InChI is InChI=1S/C17H18N6O/c24-17(20-11-13-5-2-1-3-6-13)19-10-8-15-21-16(23-22-15)14-7-4-9-18-12-14/h1-7,9,12H,8,10-11H2,(H2,19,20,24)(H,21,22,23). The smallest absolute Gasteiger partial charge is 0.315 e. The number of rotatable bonds is 6. The SMILES string of the molecule is O=C(NCCc1nc(-c2cccnc2)n[nH]1)NCc1ccccc1. The van der Waals surface area contributed by atoms with E-state index >= 15 is 0 Å². The fourth-order valence-corrected chi connectivity index (χ4v) is 2.17. The summed E-state index contributed by atoms with van der Waals surface area (Å²) in [5, 5.41) is 12.6. The van der Waals surface area contributed by atoms with Crippen molar-refractivity contribution >= 4 is 6.03 Å². The molecule has 24 heavy (non-hydrogen) atoms. The molecule has 0 aliphatic carbocycles. The second-order valence-electron chi connectivity index (χ2n) is 5.19. The fourth-order valence-electron chi connectivity index (χ4n) is 2.17. The van der Waals surface area contributed by atoms with Crippen molar-refractivity contribution in [1.82, 2.24) is 30.8 Å². The Hall–Kier alpha value is -3.22. The summed E-state index contributed by atoms with van der Waals surface area (Å²) in [6.07, 6.45) is 3.99. The summed E-state index contributed by atoms with van der Waals surface area (Å²) in [4.78, 5) is 20.2. The highest BCUT2D eigenvalue weighted by atomic mass is 16.2. The number of benzene rings is 1. The predicted molar refractivity (Wildman–Crippen MR) is 90.0 cm³/mol. The quantitative estimate of drug-likeness (QED) is 0.646. The molecule has 122 valence electrons. The first-order valence-electron chi connectivity index (χ1n) is 7.68. The van der Waals surface area contributed by atoms with E-state index < -0.39 is 0 Å².